The third kappa shape index (κ3) is 3.28. The summed E-state index contributed by atoms with van der Waals surface area (Å²) < 4.78 is 1.74. The Balaban J connectivity index is 1.45. The molecule has 5 heteroatoms. The number of nitrogens with zero attached hydrogens (tertiary/aromatic N) is 3. The van der Waals surface area contributed by atoms with Gasteiger partial charge < -0.3 is 0 Å². The molecule has 1 aliphatic heterocycles. The van der Waals surface area contributed by atoms with Crippen LogP contribution in [-0.2, 0) is 26.1 Å². The van der Waals surface area contributed by atoms with Gasteiger partial charge in [0.15, 0.2) is 0 Å². The lowest BCUT2D eigenvalue weighted by atomic mass is 10.0. The number of aromatic nitrogens is 2. The quantitative estimate of drug-likeness (QED) is 0.530. The van der Waals surface area contributed by atoms with Gasteiger partial charge >= 0.3 is 0 Å². The molecular weight excluding hydrogens is 366 g/mol. The van der Waals surface area contributed by atoms with Gasteiger partial charge in [-0.1, -0.05) is 60.7 Å². The number of hydrogen-bond donors (Lipinski definition) is 0. The average molecular weight is 388 g/mol. The second-order valence-corrected chi connectivity index (χ2v) is 8.38. The van der Waals surface area contributed by atoms with E-state index in [0.717, 1.165) is 41.8 Å². The Morgan fingerprint density at radius 2 is 1.61 bits per heavy atom. The van der Waals surface area contributed by atoms with Crippen LogP contribution in [0.25, 0.3) is 10.2 Å². The molecule has 0 saturated carbocycles. The van der Waals surface area contributed by atoms with Gasteiger partial charge in [0.05, 0.1) is 18.3 Å². The Morgan fingerprint density at radius 3 is 2.32 bits per heavy atom. The van der Waals surface area contributed by atoms with E-state index < -0.39 is 0 Å². The van der Waals surface area contributed by atoms with Crippen LogP contribution >= 0.6 is 11.3 Å². The summed E-state index contributed by atoms with van der Waals surface area (Å²) in [4.78, 5) is 22.4. The van der Waals surface area contributed by atoms with E-state index in [1.165, 1.54) is 16.0 Å². The van der Waals surface area contributed by atoms with E-state index in [2.05, 4.69) is 40.2 Å². The first kappa shape index (κ1) is 17.3. The summed E-state index contributed by atoms with van der Waals surface area (Å²) in [5.74, 6) is 0. The molecule has 0 aliphatic carbocycles. The maximum absolute atomic E-state index is 13.2. The second kappa shape index (κ2) is 7.34. The van der Waals surface area contributed by atoms with E-state index in [9.17, 15) is 4.79 Å². The minimum Gasteiger partial charge on any atom is -0.294 e. The summed E-state index contributed by atoms with van der Waals surface area (Å²) in [5.41, 5.74) is 3.74. The van der Waals surface area contributed by atoms with E-state index in [1.807, 2.05) is 30.3 Å². The van der Waals surface area contributed by atoms with Crippen molar-refractivity contribution >= 4 is 21.6 Å². The summed E-state index contributed by atoms with van der Waals surface area (Å²) in [6, 6.07) is 20.6. The van der Waals surface area contributed by atoms with E-state index in [1.54, 1.807) is 22.2 Å². The Labute approximate surface area is 167 Å². The third-order valence-electron chi connectivity index (χ3n) is 5.35. The number of thiophene rings is 1. The molecule has 4 aromatic rings. The van der Waals surface area contributed by atoms with Crippen molar-refractivity contribution in [2.75, 3.05) is 6.54 Å². The second-order valence-electron chi connectivity index (χ2n) is 7.29. The van der Waals surface area contributed by atoms with Gasteiger partial charge in [0.25, 0.3) is 5.56 Å². The molecule has 0 atom stereocenters. The molecule has 1 aliphatic rings. The molecule has 0 radical (unpaired) electrons. The Hall–Kier alpha value is -2.76. The molecule has 2 aromatic heterocycles. The van der Waals surface area contributed by atoms with Gasteiger partial charge in [-0.05, 0) is 23.1 Å². The molecule has 3 heterocycles. The molecule has 0 N–H and O–H groups in total. The summed E-state index contributed by atoms with van der Waals surface area (Å²) in [6.45, 7) is 3.37. The van der Waals surface area contributed by atoms with E-state index in [4.69, 9.17) is 0 Å². The molecule has 0 amide bonds. The summed E-state index contributed by atoms with van der Waals surface area (Å²) in [6.07, 6.45) is 2.61. The molecule has 0 unspecified atom stereocenters. The lowest BCUT2D eigenvalue weighted by Crippen LogP contribution is -2.30. The number of hydrogen-bond acceptors (Lipinski definition) is 4. The fraction of sp³-hybridized carbons (Fsp3) is 0.217. The topological polar surface area (TPSA) is 38.1 Å². The van der Waals surface area contributed by atoms with Gasteiger partial charge in [-0.2, -0.15) is 0 Å². The molecule has 0 fully saturated rings. The van der Waals surface area contributed by atoms with Crippen LogP contribution in [0.15, 0.2) is 71.8 Å². The Bertz CT molecular complexity index is 1170. The predicted molar refractivity (Wildman–Crippen MR) is 114 cm³/mol. The first-order valence-corrected chi connectivity index (χ1v) is 10.4. The normalized spacial score (nSPS) is 14.3. The van der Waals surface area contributed by atoms with Crippen LogP contribution in [-0.4, -0.2) is 21.0 Å². The summed E-state index contributed by atoms with van der Waals surface area (Å²) in [5, 5.41) is 0.831. The molecule has 0 spiro atoms. The standard InChI is InChI=1S/C23H21N3OS/c27-23-21-19-11-12-25(13-17-7-3-1-4-8-17)15-20(19)28-22(21)24-16-26(23)14-18-9-5-2-6-10-18/h1-10,16H,11-15H2. The van der Waals surface area contributed by atoms with Crippen molar-refractivity contribution in [2.45, 2.75) is 26.1 Å². The van der Waals surface area contributed by atoms with Gasteiger partial charge in [-0.3, -0.25) is 14.3 Å². The zero-order chi connectivity index (χ0) is 18.9. The molecule has 4 nitrogen and oxygen atoms in total. The minimum absolute atomic E-state index is 0.0860. The SMILES string of the molecule is O=c1c2c3c(sc2ncn1Cc1ccccc1)CN(Cc1ccccc1)CC3. The van der Waals surface area contributed by atoms with Crippen LogP contribution < -0.4 is 5.56 Å². The third-order valence-corrected chi connectivity index (χ3v) is 6.48. The number of benzene rings is 2. The summed E-state index contributed by atoms with van der Waals surface area (Å²) in [7, 11) is 0. The lowest BCUT2D eigenvalue weighted by Gasteiger charge is -2.26. The number of rotatable bonds is 4. The lowest BCUT2D eigenvalue weighted by molar-refractivity contribution is 0.249. The Morgan fingerprint density at radius 1 is 0.929 bits per heavy atom. The van der Waals surface area contributed by atoms with Crippen LogP contribution in [0, 0.1) is 0 Å². The van der Waals surface area contributed by atoms with E-state index >= 15 is 0 Å². The largest absolute Gasteiger partial charge is 0.294 e. The van der Waals surface area contributed by atoms with Gasteiger partial charge in [-0.25, -0.2) is 4.98 Å². The molecule has 5 rings (SSSR count). The zero-order valence-electron chi connectivity index (χ0n) is 15.5. The van der Waals surface area contributed by atoms with Crippen LogP contribution in [0.3, 0.4) is 0 Å². The van der Waals surface area contributed by atoms with Gasteiger partial charge in [0.1, 0.15) is 4.83 Å². The van der Waals surface area contributed by atoms with Crippen LogP contribution in [0.4, 0.5) is 0 Å². The van der Waals surface area contributed by atoms with Crippen molar-refractivity contribution in [3.63, 3.8) is 0 Å². The van der Waals surface area contributed by atoms with Crippen molar-refractivity contribution in [1.82, 2.24) is 14.5 Å². The minimum atomic E-state index is 0.0860. The van der Waals surface area contributed by atoms with E-state index in [-0.39, 0.29) is 5.56 Å². The van der Waals surface area contributed by atoms with Crippen LogP contribution in [0.2, 0.25) is 0 Å². The highest BCUT2D eigenvalue weighted by molar-refractivity contribution is 7.18. The van der Waals surface area contributed by atoms with Crippen LogP contribution in [0.1, 0.15) is 21.6 Å². The van der Waals surface area contributed by atoms with Crippen molar-refractivity contribution < 1.29 is 0 Å². The highest BCUT2D eigenvalue weighted by Crippen LogP contribution is 2.32. The van der Waals surface area contributed by atoms with Crippen molar-refractivity contribution in [1.29, 1.82) is 0 Å². The molecule has 28 heavy (non-hydrogen) atoms. The van der Waals surface area contributed by atoms with Crippen molar-refractivity contribution in [2.24, 2.45) is 0 Å². The first-order chi connectivity index (χ1) is 13.8. The first-order valence-electron chi connectivity index (χ1n) is 9.58. The molecule has 2 aromatic carbocycles. The average Bonchev–Trinajstić information content (AvgIpc) is 3.10. The molecular formula is C23H21N3OS. The highest BCUT2D eigenvalue weighted by atomic mass is 32.1. The van der Waals surface area contributed by atoms with Gasteiger partial charge in [0.2, 0.25) is 0 Å². The van der Waals surface area contributed by atoms with E-state index in [0.29, 0.717) is 6.54 Å². The van der Waals surface area contributed by atoms with Crippen LogP contribution in [0.5, 0.6) is 0 Å². The van der Waals surface area contributed by atoms with Crippen molar-refractivity contribution in [3.05, 3.63) is 98.9 Å². The predicted octanol–water partition coefficient (Wildman–Crippen LogP) is 4.06. The molecule has 140 valence electrons. The maximum Gasteiger partial charge on any atom is 0.262 e. The monoisotopic (exact) mass is 387 g/mol. The Kier molecular flexibility index (Phi) is 4.55. The fourth-order valence-electron chi connectivity index (χ4n) is 3.94. The smallest absolute Gasteiger partial charge is 0.262 e. The van der Waals surface area contributed by atoms with Crippen molar-refractivity contribution in [3.8, 4) is 0 Å². The van der Waals surface area contributed by atoms with Gasteiger partial charge in [-0.15, -0.1) is 11.3 Å². The fourth-order valence-corrected chi connectivity index (χ4v) is 5.16. The van der Waals surface area contributed by atoms with Gasteiger partial charge in [0, 0.05) is 24.5 Å². The number of fused-ring (bicyclic) bond motifs is 3. The highest BCUT2D eigenvalue weighted by Gasteiger charge is 2.23. The molecule has 0 bridgehead atoms. The molecule has 0 saturated heterocycles. The zero-order valence-corrected chi connectivity index (χ0v) is 16.4. The summed E-state index contributed by atoms with van der Waals surface area (Å²) >= 11 is 1.68. The maximum atomic E-state index is 13.2.